The molecule has 0 radical (unpaired) electrons. The second-order valence-corrected chi connectivity index (χ2v) is 9.45. The Morgan fingerprint density at radius 2 is 1.69 bits per heavy atom. The van der Waals surface area contributed by atoms with Crippen LogP contribution in [0.15, 0.2) is 60.7 Å². The number of benzene rings is 2. The molecule has 1 saturated carbocycles. The van der Waals surface area contributed by atoms with Crippen molar-refractivity contribution in [3.63, 3.8) is 0 Å². The van der Waals surface area contributed by atoms with Gasteiger partial charge in [-0.1, -0.05) is 48.5 Å². The minimum absolute atomic E-state index is 0.171. The Hall–Kier alpha value is -3.75. The molecule has 0 unspecified atom stereocenters. The Morgan fingerprint density at radius 1 is 0.943 bits per heavy atom. The molecule has 1 saturated heterocycles. The number of nitrogens with one attached hydrogen (secondary N) is 1. The van der Waals surface area contributed by atoms with Gasteiger partial charge in [-0.15, -0.1) is 0 Å². The van der Waals surface area contributed by atoms with Gasteiger partial charge in [0.25, 0.3) is 5.91 Å². The number of nitrogens with two attached hydrogens (primary N) is 2. The summed E-state index contributed by atoms with van der Waals surface area (Å²) in [6.07, 6.45) is 1.95. The summed E-state index contributed by atoms with van der Waals surface area (Å²) in [5, 5.41) is 9.24. The van der Waals surface area contributed by atoms with Crippen LogP contribution in [0.1, 0.15) is 29.2 Å². The maximum absolute atomic E-state index is 12.4. The van der Waals surface area contributed by atoms with Crippen molar-refractivity contribution in [1.82, 2.24) is 25.0 Å². The second-order valence-electron chi connectivity index (χ2n) is 9.45. The van der Waals surface area contributed by atoms with Gasteiger partial charge in [0.2, 0.25) is 0 Å². The van der Waals surface area contributed by atoms with Gasteiger partial charge >= 0.3 is 0 Å². The zero-order valence-electron chi connectivity index (χ0n) is 19.5. The molecule has 2 fully saturated rings. The molecule has 1 amide bonds. The van der Waals surface area contributed by atoms with E-state index in [0.717, 1.165) is 66.7 Å². The van der Waals surface area contributed by atoms with Crippen LogP contribution in [0.3, 0.4) is 0 Å². The summed E-state index contributed by atoms with van der Waals surface area (Å²) in [6.45, 7) is 4.20. The van der Waals surface area contributed by atoms with Gasteiger partial charge in [-0.25, -0.2) is 9.67 Å². The van der Waals surface area contributed by atoms with Gasteiger partial charge in [-0.3, -0.25) is 9.69 Å². The normalized spacial score (nSPS) is 20.6. The first-order valence-electron chi connectivity index (χ1n) is 12.2. The zero-order chi connectivity index (χ0) is 23.9. The lowest BCUT2D eigenvalue weighted by atomic mass is 9.85. The van der Waals surface area contributed by atoms with Gasteiger partial charge in [0.05, 0.1) is 17.3 Å². The number of carbonyl (C=O) groups is 1. The number of nitrogen functional groups attached to an aromatic ring is 1. The van der Waals surface area contributed by atoms with Crippen molar-refractivity contribution in [2.45, 2.75) is 24.9 Å². The van der Waals surface area contributed by atoms with Crippen LogP contribution in [0.25, 0.3) is 33.4 Å². The predicted molar refractivity (Wildman–Crippen MR) is 138 cm³/mol. The lowest BCUT2D eigenvalue weighted by Crippen LogP contribution is -2.53. The molecule has 8 nitrogen and oxygen atoms in total. The molecule has 178 valence electrons. The highest BCUT2D eigenvalue weighted by atomic mass is 16.1. The molecule has 2 aliphatic rings. The van der Waals surface area contributed by atoms with Gasteiger partial charge in [-0.05, 0) is 25.0 Å². The van der Waals surface area contributed by atoms with E-state index in [0.29, 0.717) is 17.6 Å². The Labute approximate surface area is 203 Å². The molecular formula is C27H29N7O. The highest BCUT2D eigenvalue weighted by molar-refractivity contribution is 6.04. The van der Waals surface area contributed by atoms with Crippen LogP contribution in [-0.2, 0) is 0 Å². The number of carbonyl (C=O) groups excluding carboxylic acids is 1. The SMILES string of the molecule is NC(=O)c1c(-c2ccc3ccc(-c4ccccc4)nc3c2)nn(C2CC(N3CCNCC3)C2)c1N. The van der Waals surface area contributed by atoms with Crippen molar-refractivity contribution in [2.75, 3.05) is 31.9 Å². The summed E-state index contributed by atoms with van der Waals surface area (Å²) >= 11 is 0. The van der Waals surface area contributed by atoms with E-state index in [1.165, 1.54) is 0 Å². The average molecular weight is 468 g/mol. The van der Waals surface area contributed by atoms with E-state index in [1.807, 2.05) is 59.3 Å². The van der Waals surface area contributed by atoms with Crippen molar-refractivity contribution >= 4 is 22.6 Å². The van der Waals surface area contributed by atoms with Gasteiger partial charge < -0.3 is 16.8 Å². The average Bonchev–Trinajstić information content (AvgIpc) is 3.20. The minimum Gasteiger partial charge on any atom is -0.383 e. The highest BCUT2D eigenvalue weighted by Gasteiger charge is 2.38. The summed E-state index contributed by atoms with van der Waals surface area (Å²) in [6, 6.07) is 20.8. The molecule has 4 aromatic rings. The summed E-state index contributed by atoms with van der Waals surface area (Å²) < 4.78 is 1.81. The van der Waals surface area contributed by atoms with E-state index in [1.54, 1.807) is 0 Å². The number of nitrogens with zero attached hydrogens (tertiary/aromatic N) is 4. The lowest BCUT2D eigenvalue weighted by molar-refractivity contribution is 0.0684. The van der Waals surface area contributed by atoms with Crippen LogP contribution in [0.2, 0.25) is 0 Å². The smallest absolute Gasteiger partial charge is 0.254 e. The highest BCUT2D eigenvalue weighted by Crippen LogP contribution is 2.40. The summed E-state index contributed by atoms with van der Waals surface area (Å²) in [4.78, 5) is 19.8. The standard InChI is InChI=1S/C27H29N7O/c28-26-24(27(29)35)25(32-34(26)21-15-20(16-21)33-12-10-30-11-13-33)19-7-6-18-8-9-22(31-23(18)14-19)17-4-2-1-3-5-17/h1-9,14,20-21,30H,10-13,15-16,28H2,(H2,29,35). The molecule has 3 heterocycles. The van der Waals surface area contributed by atoms with Crippen LogP contribution in [0.5, 0.6) is 0 Å². The number of anilines is 1. The third-order valence-electron chi connectivity index (χ3n) is 7.33. The molecule has 6 rings (SSSR count). The molecule has 0 bridgehead atoms. The largest absolute Gasteiger partial charge is 0.383 e. The van der Waals surface area contributed by atoms with Crippen molar-refractivity contribution in [3.05, 3.63) is 66.2 Å². The molecule has 1 aliphatic heterocycles. The van der Waals surface area contributed by atoms with Crippen LogP contribution < -0.4 is 16.8 Å². The van der Waals surface area contributed by atoms with Crippen molar-refractivity contribution in [1.29, 1.82) is 0 Å². The van der Waals surface area contributed by atoms with Crippen LogP contribution >= 0.6 is 0 Å². The third kappa shape index (κ3) is 3.94. The molecule has 8 heteroatoms. The molecule has 1 aliphatic carbocycles. The quantitative estimate of drug-likeness (QED) is 0.416. The van der Waals surface area contributed by atoms with Crippen LogP contribution in [0.4, 0.5) is 5.82 Å². The number of amides is 1. The first-order chi connectivity index (χ1) is 17.1. The minimum atomic E-state index is -0.562. The first-order valence-corrected chi connectivity index (χ1v) is 12.2. The van der Waals surface area contributed by atoms with Crippen molar-refractivity contribution < 1.29 is 4.79 Å². The summed E-state index contributed by atoms with van der Waals surface area (Å²) in [5.74, 6) is -0.213. The maximum atomic E-state index is 12.4. The van der Waals surface area contributed by atoms with E-state index in [-0.39, 0.29) is 11.6 Å². The fraction of sp³-hybridized carbons (Fsp3) is 0.296. The molecule has 2 aromatic carbocycles. The lowest BCUT2D eigenvalue weighted by Gasteiger charge is -2.44. The summed E-state index contributed by atoms with van der Waals surface area (Å²) in [7, 11) is 0. The Bertz CT molecular complexity index is 1390. The molecule has 5 N–H and O–H groups in total. The topological polar surface area (TPSA) is 115 Å². The Kier molecular flexibility index (Phi) is 5.47. The van der Waals surface area contributed by atoms with E-state index >= 15 is 0 Å². The third-order valence-corrected chi connectivity index (χ3v) is 7.33. The molecule has 2 aromatic heterocycles. The van der Waals surface area contributed by atoms with Crippen LogP contribution in [0, 0.1) is 0 Å². The molecule has 0 spiro atoms. The summed E-state index contributed by atoms with van der Waals surface area (Å²) in [5.41, 5.74) is 16.6. The van der Waals surface area contributed by atoms with E-state index in [2.05, 4.69) is 16.3 Å². The monoisotopic (exact) mass is 467 g/mol. The van der Waals surface area contributed by atoms with Crippen molar-refractivity contribution in [3.8, 4) is 22.5 Å². The Balaban J connectivity index is 1.33. The number of fused-ring (bicyclic) bond motifs is 1. The zero-order valence-corrected chi connectivity index (χ0v) is 19.5. The van der Waals surface area contributed by atoms with E-state index in [9.17, 15) is 4.79 Å². The fourth-order valence-electron chi connectivity index (χ4n) is 5.31. The number of rotatable bonds is 5. The second kappa shape index (κ2) is 8.79. The van der Waals surface area contributed by atoms with E-state index in [4.69, 9.17) is 21.5 Å². The van der Waals surface area contributed by atoms with Gasteiger partial charge in [0.15, 0.2) is 0 Å². The number of hydrogen-bond donors (Lipinski definition) is 3. The maximum Gasteiger partial charge on any atom is 0.254 e. The predicted octanol–water partition coefficient (Wildman–Crippen LogP) is 3.06. The number of aromatic nitrogens is 3. The molecular weight excluding hydrogens is 438 g/mol. The number of hydrogen-bond acceptors (Lipinski definition) is 6. The fourth-order valence-corrected chi connectivity index (χ4v) is 5.31. The van der Waals surface area contributed by atoms with E-state index < -0.39 is 5.91 Å². The number of pyridine rings is 1. The van der Waals surface area contributed by atoms with Crippen LogP contribution in [-0.4, -0.2) is 57.8 Å². The molecule has 35 heavy (non-hydrogen) atoms. The number of piperazine rings is 1. The first kappa shape index (κ1) is 21.8. The number of primary amides is 1. The molecule has 0 atom stereocenters. The van der Waals surface area contributed by atoms with Crippen molar-refractivity contribution in [2.24, 2.45) is 5.73 Å². The Morgan fingerprint density at radius 3 is 2.43 bits per heavy atom. The van der Waals surface area contributed by atoms with Gasteiger partial charge in [-0.2, -0.15) is 5.10 Å². The van der Waals surface area contributed by atoms with Gasteiger partial charge in [0, 0.05) is 48.7 Å². The van der Waals surface area contributed by atoms with Gasteiger partial charge in [0.1, 0.15) is 17.1 Å².